The van der Waals surface area contributed by atoms with Crippen molar-refractivity contribution < 1.29 is 18.6 Å². The number of halogens is 2. The van der Waals surface area contributed by atoms with E-state index in [1.165, 1.54) is 46.9 Å². The third-order valence-electron chi connectivity index (χ3n) is 6.48. The van der Waals surface area contributed by atoms with E-state index in [0.29, 0.717) is 54.4 Å². The molecule has 0 aliphatic carbocycles. The van der Waals surface area contributed by atoms with Crippen LogP contribution in [0.2, 0.25) is 0 Å². The van der Waals surface area contributed by atoms with Crippen LogP contribution in [0, 0.1) is 31.9 Å². The van der Waals surface area contributed by atoms with Crippen molar-refractivity contribution in [2.24, 2.45) is 8.73 Å². The van der Waals surface area contributed by atoms with Gasteiger partial charge < -0.3 is 0 Å². The van der Waals surface area contributed by atoms with Crippen LogP contribution >= 0.6 is 34.4 Å². The molecule has 0 fully saturated rings. The third-order valence-corrected chi connectivity index (χ3v) is 9.84. The lowest BCUT2D eigenvalue weighted by Crippen LogP contribution is -1.92. The van der Waals surface area contributed by atoms with Crippen LogP contribution < -0.4 is 0 Å². The summed E-state index contributed by atoms with van der Waals surface area (Å²) in [5, 5.41) is 22.5. The molecule has 0 saturated heterocycles. The Morgan fingerprint density at radius 1 is 0.619 bits per heavy atom. The van der Waals surface area contributed by atoms with Gasteiger partial charge in [-0.3, -0.25) is 20.2 Å². The number of hydrogen-bond acceptors (Lipinski definition) is 11. The molecule has 7 rings (SSSR count). The summed E-state index contributed by atoms with van der Waals surface area (Å²) in [6.07, 6.45) is 0. The number of benzene rings is 3. The second-order valence-electron chi connectivity index (χ2n) is 8.85. The second-order valence-corrected chi connectivity index (χ2v) is 12.1. The minimum Gasteiger partial charge on any atom is -0.258 e. The van der Waals surface area contributed by atoms with Gasteiger partial charge in [-0.25, -0.2) is 0 Å². The van der Waals surface area contributed by atoms with Gasteiger partial charge in [-0.15, -0.1) is 22.7 Å². The lowest BCUT2D eigenvalue weighted by Gasteiger charge is -2.09. The highest BCUT2D eigenvalue weighted by Crippen LogP contribution is 2.54. The fraction of sp³-hybridized carbons (Fsp3) is 0. The maximum atomic E-state index is 13.9. The highest BCUT2D eigenvalue weighted by atomic mass is 32.1. The minimum absolute atomic E-state index is 0.503. The Morgan fingerprint density at radius 3 is 1.48 bits per heavy atom. The fourth-order valence-electron chi connectivity index (χ4n) is 4.59. The molecular formula is C26H10F2N6O4S4. The molecule has 3 aromatic heterocycles. The smallest absolute Gasteiger partial charge is 0.258 e. The molecule has 42 heavy (non-hydrogen) atoms. The van der Waals surface area contributed by atoms with E-state index in [2.05, 4.69) is 17.5 Å². The van der Waals surface area contributed by atoms with E-state index in [1.54, 1.807) is 12.1 Å². The first-order valence-corrected chi connectivity index (χ1v) is 14.9. The largest absolute Gasteiger partial charge is 0.305 e. The Kier molecular flexibility index (Phi) is 6.27. The first-order chi connectivity index (χ1) is 20.3. The SMILES string of the molecule is O=[N+]([O-])c1cc(-c2ccc(-c3c4c(c(-c5ccc(-c6ccc(F)c([N+](=O)[O-])c6)s5)c5nsnc35)N=S=N4)s2)ccc1F. The fourth-order valence-corrected chi connectivity index (χ4v) is 7.81. The average molecular weight is 637 g/mol. The molecule has 0 atom stereocenters. The molecular weight excluding hydrogens is 627 g/mol. The third kappa shape index (κ3) is 4.23. The summed E-state index contributed by atoms with van der Waals surface area (Å²) in [4.78, 5) is 23.9. The number of hydrogen-bond donors (Lipinski definition) is 0. The van der Waals surface area contributed by atoms with Crippen molar-refractivity contribution in [2.45, 2.75) is 0 Å². The Balaban J connectivity index is 1.34. The van der Waals surface area contributed by atoms with Gasteiger partial charge in [0.2, 0.25) is 11.6 Å². The maximum Gasteiger partial charge on any atom is 0.305 e. The number of thiophene rings is 2. The predicted molar refractivity (Wildman–Crippen MR) is 160 cm³/mol. The summed E-state index contributed by atoms with van der Waals surface area (Å²) in [7, 11) is 0. The normalized spacial score (nSPS) is 12.0. The molecule has 0 spiro atoms. The Labute approximate surface area is 249 Å². The molecule has 4 heterocycles. The first kappa shape index (κ1) is 26.3. The Morgan fingerprint density at radius 2 is 1.05 bits per heavy atom. The van der Waals surface area contributed by atoms with Crippen LogP contribution in [0.3, 0.4) is 0 Å². The number of fused-ring (bicyclic) bond motifs is 2. The van der Waals surface area contributed by atoms with E-state index >= 15 is 0 Å². The van der Waals surface area contributed by atoms with Gasteiger partial charge in [-0.1, -0.05) is 12.1 Å². The molecule has 10 nitrogen and oxygen atoms in total. The number of aromatic nitrogens is 2. The molecule has 6 aromatic rings. The second kappa shape index (κ2) is 10.0. The standard InChI is InChI=1S/C26H10F2N6O4S4/c27-13-3-1-11(9-15(13)33(35)36)17-5-7-19(39-17)21-23-25(31-41-29-23)22(26-24(21)30-42-32-26)20-8-6-18(40-20)12-2-4-14(28)16(10-12)34(37)38/h1-10H. The number of nitro groups is 2. The molecule has 0 unspecified atom stereocenters. The molecule has 1 aliphatic rings. The summed E-state index contributed by atoms with van der Waals surface area (Å²) in [5.74, 6) is -1.81. The summed E-state index contributed by atoms with van der Waals surface area (Å²) >= 11 is 4.77. The highest BCUT2D eigenvalue weighted by molar-refractivity contribution is 7.58. The van der Waals surface area contributed by atoms with Crippen LogP contribution in [0.15, 0.2) is 69.4 Å². The van der Waals surface area contributed by atoms with E-state index in [0.717, 1.165) is 45.0 Å². The molecule has 0 radical (unpaired) electrons. The van der Waals surface area contributed by atoms with Gasteiger partial charge in [0.1, 0.15) is 22.4 Å². The van der Waals surface area contributed by atoms with Gasteiger partial charge in [0.05, 0.1) is 32.9 Å². The number of nitro benzene ring substituents is 2. The lowest BCUT2D eigenvalue weighted by atomic mass is 10.0. The van der Waals surface area contributed by atoms with Gasteiger partial charge in [-0.2, -0.15) is 26.3 Å². The van der Waals surface area contributed by atoms with Crippen molar-refractivity contribution >= 4 is 79.5 Å². The van der Waals surface area contributed by atoms with Crippen molar-refractivity contribution in [3.63, 3.8) is 0 Å². The molecule has 206 valence electrons. The molecule has 16 heteroatoms. The molecule has 0 amide bonds. The van der Waals surface area contributed by atoms with E-state index in [-0.39, 0.29) is 0 Å². The summed E-state index contributed by atoms with van der Waals surface area (Å²) in [6, 6.07) is 14.9. The van der Waals surface area contributed by atoms with Crippen molar-refractivity contribution in [3.05, 3.63) is 92.5 Å². The van der Waals surface area contributed by atoms with Crippen LogP contribution in [0.25, 0.3) is 52.8 Å². The zero-order valence-electron chi connectivity index (χ0n) is 20.5. The topological polar surface area (TPSA) is 137 Å². The van der Waals surface area contributed by atoms with Crippen LogP contribution in [0.5, 0.6) is 0 Å². The van der Waals surface area contributed by atoms with Gasteiger partial charge in [-0.05, 0) is 47.5 Å². The molecule has 3 aromatic carbocycles. The van der Waals surface area contributed by atoms with Gasteiger partial charge in [0, 0.05) is 42.8 Å². The van der Waals surface area contributed by atoms with Gasteiger partial charge in [0.15, 0.2) is 0 Å². The van der Waals surface area contributed by atoms with Crippen molar-refractivity contribution in [2.75, 3.05) is 0 Å². The summed E-state index contributed by atoms with van der Waals surface area (Å²) in [6.45, 7) is 0. The first-order valence-electron chi connectivity index (χ1n) is 11.8. The number of rotatable bonds is 6. The molecule has 0 saturated carbocycles. The minimum atomic E-state index is -0.906. The van der Waals surface area contributed by atoms with E-state index in [4.69, 9.17) is 0 Å². The molecule has 1 aliphatic heterocycles. The maximum absolute atomic E-state index is 13.9. The van der Waals surface area contributed by atoms with Crippen molar-refractivity contribution in [1.29, 1.82) is 0 Å². The van der Waals surface area contributed by atoms with Crippen molar-refractivity contribution in [1.82, 2.24) is 8.75 Å². The van der Waals surface area contributed by atoms with Gasteiger partial charge in [0.25, 0.3) is 0 Å². The Hall–Kier alpha value is -4.64. The zero-order chi connectivity index (χ0) is 29.1. The van der Waals surface area contributed by atoms with Crippen LogP contribution in [0.1, 0.15) is 0 Å². The molecule has 0 N–H and O–H groups in total. The van der Waals surface area contributed by atoms with E-state index in [9.17, 15) is 29.0 Å². The van der Waals surface area contributed by atoms with Crippen molar-refractivity contribution in [3.8, 4) is 41.8 Å². The van der Waals surface area contributed by atoms with Gasteiger partial charge >= 0.3 is 11.4 Å². The zero-order valence-corrected chi connectivity index (χ0v) is 23.7. The van der Waals surface area contributed by atoms with E-state index < -0.39 is 32.9 Å². The highest BCUT2D eigenvalue weighted by Gasteiger charge is 2.28. The summed E-state index contributed by atoms with van der Waals surface area (Å²) in [5.41, 5.74) is 3.62. The van der Waals surface area contributed by atoms with E-state index in [1.807, 2.05) is 12.1 Å². The summed E-state index contributed by atoms with van der Waals surface area (Å²) < 4.78 is 46.1. The molecule has 0 bridgehead atoms. The quantitative estimate of drug-likeness (QED) is 0.132. The monoisotopic (exact) mass is 636 g/mol. The van der Waals surface area contributed by atoms with Crippen LogP contribution in [-0.4, -0.2) is 18.6 Å². The van der Waals surface area contributed by atoms with Crippen LogP contribution in [0.4, 0.5) is 31.5 Å². The average Bonchev–Trinajstić information content (AvgIpc) is 3.79. The lowest BCUT2D eigenvalue weighted by molar-refractivity contribution is -0.387. The number of nitrogens with zero attached hydrogens (tertiary/aromatic N) is 6. The van der Waals surface area contributed by atoms with Crippen LogP contribution in [-0.2, 0) is 11.4 Å². The predicted octanol–water partition coefficient (Wildman–Crippen LogP) is 9.30. The Bertz CT molecular complexity index is 2050.